The maximum atomic E-state index is 12.0. The summed E-state index contributed by atoms with van der Waals surface area (Å²) in [6.07, 6.45) is 1.91. The van der Waals surface area contributed by atoms with Crippen LogP contribution in [0.15, 0.2) is 41.2 Å². The number of aromatic nitrogens is 1. The van der Waals surface area contributed by atoms with E-state index in [1.165, 1.54) is 0 Å². The highest BCUT2D eigenvalue weighted by Crippen LogP contribution is 2.50. The van der Waals surface area contributed by atoms with Gasteiger partial charge < -0.3 is 9.67 Å². The molecular formula is C15H15NO3. The highest BCUT2D eigenvalue weighted by Gasteiger charge is 2.45. The lowest BCUT2D eigenvalue weighted by molar-refractivity contribution is -0.138. The summed E-state index contributed by atoms with van der Waals surface area (Å²) < 4.78 is 1.71. The predicted molar refractivity (Wildman–Crippen MR) is 72.1 cm³/mol. The normalized spacial score (nSPS) is 16.4. The molecule has 0 bridgehead atoms. The highest BCUT2D eigenvalue weighted by atomic mass is 16.4. The van der Waals surface area contributed by atoms with Crippen LogP contribution in [-0.4, -0.2) is 15.6 Å². The molecule has 98 valence electrons. The topological polar surface area (TPSA) is 59.3 Å². The van der Waals surface area contributed by atoms with Crippen LogP contribution in [0.2, 0.25) is 0 Å². The molecule has 0 atom stereocenters. The molecule has 1 N–H and O–H groups in total. The van der Waals surface area contributed by atoms with Crippen LogP contribution in [-0.2, 0) is 11.3 Å². The van der Waals surface area contributed by atoms with Crippen LogP contribution in [0.4, 0.5) is 0 Å². The van der Waals surface area contributed by atoms with Crippen molar-refractivity contribution in [2.75, 3.05) is 0 Å². The first-order valence-electron chi connectivity index (χ1n) is 6.40. The van der Waals surface area contributed by atoms with Crippen molar-refractivity contribution in [3.8, 4) is 0 Å². The summed E-state index contributed by atoms with van der Waals surface area (Å²) in [6.45, 7) is 0.499. The van der Waals surface area contributed by atoms with Crippen LogP contribution in [0.1, 0.15) is 19.3 Å². The Kier molecular flexibility index (Phi) is 2.66. The van der Waals surface area contributed by atoms with E-state index in [2.05, 4.69) is 0 Å². The predicted octanol–water partition coefficient (Wildman–Crippen LogP) is 2.26. The number of aliphatic carboxylic acids is 1. The van der Waals surface area contributed by atoms with Crippen molar-refractivity contribution in [1.82, 2.24) is 4.57 Å². The Morgan fingerprint density at radius 3 is 2.63 bits per heavy atom. The summed E-state index contributed by atoms with van der Waals surface area (Å²) >= 11 is 0. The largest absolute Gasteiger partial charge is 0.481 e. The fourth-order valence-corrected chi connectivity index (χ4v) is 2.63. The highest BCUT2D eigenvalue weighted by molar-refractivity contribution is 5.78. The number of para-hydroxylation sites is 1. The van der Waals surface area contributed by atoms with Crippen molar-refractivity contribution < 1.29 is 9.90 Å². The maximum absolute atomic E-state index is 12.0. The van der Waals surface area contributed by atoms with Gasteiger partial charge in [0.15, 0.2) is 0 Å². The monoisotopic (exact) mass is 257 g/mol. The van der Waals surface area contributed by atoms with Crippen LogP contribution in [0, 0.1) is 5.41 Å². The molecule has 1 saturated carbocycles. The quantitative estimate of drug-likeness (QED) is 0.914. The zero-order valence-corrected chi connectivity index (χ0v) is 10.5. The Bertz CT molecular complexity index is 698. The Morgan fingerprint density at radius 1 is 1.21 bits per heavy atom. The average molecular weight is 257 g/mol. The minimum Gasteiger partial charge on any atom is -0.481 e. The van der Waals surface area contributed by atoms with Gasteiger partial charge >= 0.3 is 5.97 Å². The van der Waals surface area contributed by atoms with E-state index in [9.17, 15) is 9.59 Å². The van der Waals surface area contributed by atoms with Crippen molar-refractivity contribution in [1.29, 1.82) is 0 Å². The first kappa shape index (κ1) is 12.0. The molecule has 1 aliphatic rings. The van der Waals surface area contributed by atoms with Crippen molar-refractivity contribution in [3.05, 3.63) is 46.8 Å². The van der Waals surface area contributed by atoms with E-state index in [0.29, 0.717) is 6.54 Å². The molecule has 4 heteroatoms. The van der Waals surface area contributed by atoms with Gasteiger partial charge in [-0.05, 0) is 35.8 Å². The van der Waals surface area contributed by atoms with E-state index in [0.717, 1.165) is 23.7 Å². The zero-order valence-electron chi connectivity index (χ0n) is 10.5. The lowest BCUT2D eigenvalue weighted by atomic mass is 10.0. The minimum absolute atomic E-state index is 0.0598. The van der Waals surface area contributed by atoms with Crippen LogP contribution in [0.3, 0.4) is 0 Å². The number of fused-ring (bicyclic) bond motifs is 1. The van der Waals surface area contributed by atoms with Gasteiger partial charge in [-0.15, -0.1) is 0 Å². The third kappa shape index (κ3) is 2.26. The van der Waals surface area contributed by atoms with Gasteiger partial charge in [0.2, 0.25) is 0 Å². The lowest BCUT2D eigenvalue weighted by Gasteiger charge is -2.16. The smallest absolute Gasteiger partial charge is 0.303 e. The number of pyridine rings is 1. The van der Waals surface area contributed by atoms with Crippen molar-refractivity contribution >= 4 is 16.9 Å². The van der Waals surface area contributed by atoms with E-state index in [1.54, 1.807) is 10.6 Å². The summed E-state index contributed by atoms with van der Waals surface area (Å²) in [7, 11) is 0. The second-order valence-corrected chi connectivity index (χ2v) is 5.39. The molecule has 3 rings (SSSR count). The molecule has 19 heavy (non-hydrogen) atoms. The zero-order chi connectivity index (χ0) is 13.5. The molecule has 1 aromatic carbocycles. The van der Waals surface area contributed by atoms with Crippen LogP contribution in [0.5, 0.6) is 0 Å². The number of carboxylic acids is 1. The SMILES string of the molecule is O=C(O)CC1(Cn2c(=O)ccc3ccccc32)CC1. The van der Waals surface area contributed by atoms with Gasteiger partial charge in [0.1, 0.15) is 0 Å². The minimum atomic E-state index is -0.786. The number of hydrogen-bond acceptors (Lipinski definition) is 2. The second-order valence-electron chi connectivity index (χ2n) is 5.39. The molecule has 4 nitrogen and oxygen atoms in total. The van der Waals surface area contributed by atoms with Gasteiger partial charge in [0.25, 0.3) is 5.56 Å². The molecule has 0 spiro atoms. The fourth-order valence-electron chi connectivity index (χ4n) is 2.63. The third-order valence-corrected chi connectivity index (χ3v) is 3.88. The van der Waals surface area contributed by atoms with E-state index in [4.69, 9.17) is 5.11 Å². The molecule has 0 radical (unpaired) electrons. The fraction of sp³-hybridized carbons (Fsp3) is 0.333. The van der Waals surface area contributed by atoms with Gasteiger partial charge in [0, 0.05) is 12.6 Å². The van der Waals surface area contributed by atoms with Gasteiger partial charge in [0.05, 0.1) is 11.9 Å². The Hall–Kier alpha value is -2.10. The molecule has 1 fully saturated rings. The van der Waals surface area contributed by atoms with E-state index < -0.39 is 5.97 Å². The van der Waals surface area contributed by atoms with Crippen molar-refractivity contribution in [3.63, 3.8) is 0 Å². The summed E-state index contributed by atoms with van der Waals surface area (Å²) in [4.78, 5) is 22.9. The average Bonchev–Trinajstić information content (AvgIpc) is 3.12. The summed E-state index contributed by atoms with van der Waals surface area (Å²) in [5, 5.41) is 9.97. The summed E-state index contributed by atoms with van der Waals surface area (Å²) in [6, 6.07) is 11.1. The molecule has 0 amide bonds. The number of carboxylic acid groups (broad SMARTS) is 1. The lowest BCUT2D eigenvalue weighted by Crippen LogP contribution is -2.25. The number of carbonyl (C=O) groups is 1. The van der Waals surface area contributed by atoms with Gasteiger partial charge in [-0.2, -0.15) is 0 Å². The summed E-state index contributed by atoms with van der Waals surface area (Å²) in [5.41, 5.74) is 0.599. The van der Waals surface area contributed by atoms with Gasteiger partial charge in [-0.25, -0.2) is 0 Å². The molecule has 0 aliphatic heterocycles. The Balaban J connectivity index is 2.03. The maximum Gasteiger partial charge on any atom is 0.303 e. The van der Waals surface area contributed by atoms with Gasteiger partial charge in [-0.3, -0.25) is 9.59 Å². The number of rotatable bonds is 4. The molecule has 2 aromatic rings. The van der Waals surface area contributed by atoms with Crippen LogP contribution >= 0.6 is 0 Å². The number of benzene rings is 1. The second kappa shape index (κ2) is 4.23. The number of hydrogen-bond donors (Lipinski definition) is 1. The van der Waals surface area contributed by atoms with Gasteiger partial charge in [-0.1, -0.05) is 18.2 Å². The third-order valence-electron chi connectivity index (χ3n) is 3.88. The van der Waals surface area contributed by atoms with Crippen molar-refractivity contribution in [2.24, 2.45) is 5.41 Å². The van der Waals surface area contributed by atoms with E-state index >= 15 is 0 Å². The Labute approximate surface area is 110 Å². The molecular weight excluding hydrogens is 242 g/mol. The van der Waals surface area contributed by atoms with Crippen LogP contribution < -0.4 is 5.56 Å². The molecule has 1 aliphatic carbocycles. The molecule has 0 saturated heterocycles. The van der Waals surface area contributed by atoms with E-state index in [1.807, 2.05) is 30.3 Å². The van der Waals surface area contributed by atoms with Crippen molar-refractivity contribution in [2.45, 2.75) is 25.8 Å². The standard InChI is InChI=1S/C15H15NO3/c17-13-6-5-11-3-1-2-4-12(11)16(13)10-15(7-8-15)9-14(18)19/h1-6H,7-10H2,(H,18,19). The molecule has 0 unspecified atom stereocenters. The number of nitrogens with zero attached hydrogens (tertiary/aromatic N) is 1. The molecule has 1 heterocycles. The Morgan fingerprint density at radius 2 is 1.95 bits per heavy atom. The van der Waals surface area contributed by atoms with E-state index in [-0.39, 0.29) is 17.4 Å². The first-order valence-corrected chi connectivity index (χ1v) is 6.40. The first-order chi connectivity index (χ1) is 9.10. The summed E-state index contributed by atoms with van der Waals surface area (Å²) in [5.74, 6) is -0.786. The van der Waals surface area contributed by atoms with Crippen LogP contribution in [0.25, 0.3) is 10.9 Å². The molecule has 1 aromatic heterocycles.